The average Bonchev–Trinajstić information content (AvgIpc) is 2.87. The van der Waals surface area contributed by atoms with Gasteiger partial charge in [-0.15, -0.1) is 12.4 Å². The minimum absolute atomic E-state index is 0. The number of nitrogens with one attached hydrogen (secondary N) is 1. The summed E-state index contributed by atoms with van der Waals surface area (Å²) in [5.74, 6) is 1.75. The molecule has 5 heteroatoms. The molecule has 1 heterocycles. The van der Waals surface area contributed by atoms with E-state index < -0.39 is 0 Å². The van der Waals surface area contributed by atoms with Crippen molar-refractivity contribution >= 4 is 12.4 Å². The SMILES string of the molecule is CNCC1CCCN1Cc1ccc(OC)cc1OC.Cl. The van der Waals surface area contributed by atoms with Crippen LogP contribution in [0.15, 0.2) is 18.2 Å². The summed E-state index contributed by atoms with van der Waals surface area (Å²) >= 11 is 0. The number of likely N-dealkylation sites (tertiary alicyclic amines) is 1. The first kappa shape index (κ1) is 17.1. The highest BCUT2D eigenvalue weighted by Gasteiger charge is 2.24. The average molecular weight is 301 g/mol. The number of nitrogens with zero attached hydrogens (tertiary/aromatic N) is 1. The van der Waals surface area contributed by atoms with Crippen LogP contribution in [-0.4, -0.2) is 45.3 Å². The molecule has 114 valence electrons. The van der Waals surface area contributed by atoms with Crippen molar-refractivity contribution in [3.63, 3.8) is 0 Å². The largest absolute Gasteiger partial charge is 0.497 e. The van der Waals surface area contributed by atoms with Crippen molar-refractivity contribution in [2.45, 2.75) is 25.4 Å². The third-order valence-corrected chi connectivity index (χ3v) is 3.81. The Kier molecular flexibility index (Phi) is 7.13. The van der Waals surface area contributed by atoms with Gasteiger partial charge in [0, 0.05) is 30.8 Å². The van der Waals surface area contributed by atoms with E-state index >= 15 is 0 Å². The molecule has 1 aromatic carbocycles. The first-order chi connectivity index (χ1) is 9.28. The fourth-order valence-electron chi connectivity index (χ4n) is 2.77. The van der Waals surface area contributed by atoms with E-state index in [1.54, 1.807) is 14.2 Å². The molecule has 1 unspecified atom stereocenters. The zero-order valence-electron chi connectivity index (χ0n) is 12.5. The lowest BCUT2D eigenvalue weighted by atomic mass is 10.1. The molecule has 1 aliphatic rings. The molecule has 0 bridgehead atoms. The maximum absolute atomic E-state index is 5.47. The summed E-state index contributed by atoms with van der Waals surface area (Å²) in [6.07, 6.45) is 2.56. The molecule has 0 saturated carbocycles. The van der Waals surface area contributed by atoms with Gasteiger partial charge in [0.05, 0.1) is 14.2 Å². The third kappa shape index (κ3) is 4.01. The number of methoxy groups -OCH3 is 2. The van der Waals surface area contributed by atoms with Gasteiger partial charge in [-0.1, -0.05) is 6.07 Å². The number of halogens is 1. The highest BCUT2D eigenvalue weighted by molar-refractivity contribution is 5.85. The van der Waals surface area contributed by atoms with Gasteiger partial charge < -0.3 is 14.8 Å². The zero-order chi connectivity index (χ0) is 13.7. The Bertz CT molecular complexity index is 415. The highest BCUT2D eigenvalue weighted by atomic mass is 35.5. The van der Waals surface area contributed by atoms with E-state index in [9.17, 15) is 0 Å². The standard InChI is InChI=1S/C15H24N2O2.ClH/c1-16-10-13-5-4-8-17(13)11-12-6-7-14(18-2)9-15(12)19-3;/h6-7,9,13,16H,4-5,8,10-11H2,1-3H3;1H. The smallest absolute Gasteiger partial charge is 0.127 e. The quantitative estimate of drug-likeness (QED) is 0.874. The Morgan fingerprint density at radius 1 is 1.30 bits per heavy atom. The van der Waals surface area contributed by atoms with Crippen molar-refractivity contribution in [3.8, 4) is 11.5 Å². The summed E-state index contributed by atoms with van der Waals surface area (Å²) in [6, 6.07) is 6.70. The molecule has 1 aliphatic heterocycles. The number of rotatable bonds is 6. The molecular formula is C15H25ClN2O2. The summed E-state index contributed by atoms with van der Waals surface area (Å²) in [5, 5.41) is 3.28. The van der Waals surface area contributed by atoms with Crippen LogP contribution in [0.3, 0.4) is 0 Å². The summed E-state index contributed by atoms with van der Waals surface area (Å²) in [5.41, 5.74) is 1.23. The first-order valence-electron chi connectivity index (χ1n) is 6.88. The van der Waals surface area contributed by atoms with Gasteiger partial charge in [0.15, 0.2) is 0 Å². The van der Waals surface area contributed by atoms with Crippen LogP contribution in [0.1, 0.15) is 18.4 Å². The lowest BCUT2D eigenvalue weighted by Gasteiger charge is -2.25. The van der Waals surface area contributed by atoms with Crippen LogP contribution in [0.4, 0.5) is 0 Å². The van der Waals surface area contributed by atoms with Crippen LogP contribution < -0.4 is 14.8 Å². The van der Waals surface area contributed by atoms with Gasteiger partial charge >= 0.3 is 0 Å². The van der Waals surface area contributed by atoms with Gasteiger partial charge in [0.25, 0.3) is 0 Å². The fraction of sp³-hybridized carbons (Fsp3) is 0.600. The molecular weight excluding hydrogens is 276 g/mol. The second-order valence-corrected chi connectivity index (χ2v) is 5.00. The predicted octanol–water partition coefficient (Wildman–Crippen LogP) is 2.31. The molecule has 1 N–H and O–H groups in total. The fourth-order valence-corrected chi connectivity index (χ4v) is 2.77. The van der Waals surface area contributed by atoms with E-state index in [-0.39, 0.29) is 12.4 Å². The Morgan fingerprint density at radius 3 is 2.75 bits per heavy atom. The van der Waals surface area contributed by atoms with E-state index in [4.69, 9.17) is 9.47 Å². The van der Waals surface area contributed by atoms with Gasteiger partial charge in [-0.3, -0.25) is 4.90 Å². The number of ether oxygens (including phenoxy) is 2. The molecule has 2 rings (SSSR count). The molecule has 1 atom stereocenters. The van der Waals surface area contributed by atoms with Crippen molar-refractivity contribution in [2.24, 2.45) is 0 Å². The number of likely N-dealkylation sites (N-methyl/N-ethyl adjacent to an activating group) is 1. The van der Waals surface area contributed by atoms with Crippen molar-refractivity contribution in [3.05, 3.63) is 23.8 Å². The molecule has 0 aromatic heterocycles. The van der Waals surface area contributed by atoms with Crippen molar-refractivity contribution in [1.29, 1.82) is 0 Å². The molecule has 0 aliphatic carbocycles. The van der Waals surface area contributed by atoms with Gasteiger partial charge in [-0.05, 0) is 32.5 Å². The number of benzene rings is 1. The van der Waals surface area contributed by atoms with Gasteiger partial charge in [0.2, 0.25) is 0 Å². The second kappa shape index (κ2) is 8.35. The van der Waals surface area contributed by atoms with Gasteiger partial charge in [-0.2, -0.15) is 0 Å². The normalized spacial score (nSPS) is 18.6. The van der Waals surface area contributed by atoms with E-state index in [1.807, 2.05) is 19.2 Å². The molecule has 1 saturated heterocycles. The van der Waals surface area contributed by atoms with Crippen LogP contribution in [-0.2, 0) is 6.54 Å². The van der Waals surface area contributed by atoms with Gasteiger partial charge in [-0.25, -0.2) is 0 Å². The summed E-state index contributed by atoms with van der Waals surface area (Å²) < 4.78 is 10.7. The first-order valence-corrected chi connectivity index (χ1v) is 6.88. The summed E-state index contributed by atoms with van der Waals surface area (Å²) in [6.45, 7) is 3.17. The number of hydrogen-bond acceptors (Lipinski definition) is 4. The van der Waals surface area contributed by atoms with Crippen molar-refractivity contribution < 1.29 is 9.47 Å². The predicted molar refractivity (Wildman–Crippen MR) is 84.2 cm³/mol. The number of hydrogen-bond donors (Lipinski definition) is 1. The monoisotopic (exact) mass is 300 g/mol. The van der Waals surface area contributed by atoms with Crippen molar-refractivity contribution in [2.75, 3.05) is 34.4 Å². The second-order valence-electron chi connectivity index (χ2n) is 5.00. The minimum atomic E-state index is 0. The Labute approximate surface area is 127 Å². The third-order valence-electron chi connectivity index (χ3n) is 3.81. The lowest BCUT2D eigenvalue weighted by molar-refractivity contribution is 0.238. The molecule has 0 spiro atoms. The molecule has 1 fully saturated rings. The van der Waals surface area contributed by atoms with E-state index in [0.29, 0.717) is 6.04 Å². The molecule has 4 nitrogen and oxygen atoms in total. The summed E-state index contributed by atoms with van der Waals surface area (Å²) in [7, 11) is 5.41. The minimum Gasteiger partial charge on any atom is -0.497 e. The van der Waals surface area contributed by atoms with Crippen LogP contribution in [0, 0.1) is 0 Å². The van der Waals surface area contributed by atoms with Crippen LogP contribution in [0.5, 0.6) is 11.5 Å². The Balaban J connectivity index is 0.00000200. The van der Waals surface area contributed by atoms with Crippen molar-refractivity contribution in [1.82, 2.24) is 10.2 Å². The van der Waals surface area contributed by atoms with E-state index in [1.165, 1.54) is 24.9 Å². The van der Waals surface area contributed by atoms with E-state index in [2.05, 4.69) is 16.3 Å². The zero-order valence-corrected chi connectivity index (χ0v) is 13.3. The summed E-state index contributed by atoms with van der Waals surface area (Å²) in [4.78, 5) is 2.53. The maximum atomic E-state index is 5.47. The topological polar surface area (TPSA) is 33.7 Å². The Morgan fingerprint density at radius 2 is 2.10 bits per heavy atom. The van der Waals surface area contributed by atoms with E-state index in [0.717, 1.165) is 24.6 Å². The molecule has 0 amide bonds. The van der Waals surface area contributed by atoms with Gasteiger partial charge in [0.1, 0.15) is 11.5 Å². The lowest BCUT2D eigenvalue weighted by Crippen LogP contribution is -2.36. The van der Waals surface area contributed by atoms with Crippen LogP contribution in [0.2, 0.25) is 0 Å². The van der Waals surface area contributed by atoms with Crippen LogP contribution in [0.25, 0.3) is 0 Å². The maximum Gasteiger partial charge on any atom is 0.127 e. The highest BCUT2D eigenvalue weighted by Crippen LogP contribution is 2.28. The van der Waals surface area contributed by atoms with Crippen LogP contribution >= 0.6 is 12.4 Å². The molecule has 0 radical (unpaired) electrons. The molecule has 1 aromatic rings. The molecule has 20 heavy (non-hydrogen) atoms. The Hall–Kier alpha value is -0.970.